The van der Waals surface area contributed by atoms with Gasteiger partial charge in [-0.15, -0.1) is 0 Å². The minimum absolute atomic E-state index is 0.0815. The van der Waals surface area contributed by atoms with E-state index in [-0.39, 0.29) is 11.6 Å². The lowest BCUT2D eigenvalue weighted by Crippen LogP contribution is -2.49. The molecule has 8 nitrogen and oxygen atoms in total. The van der Waals surface area contributed by atoms with Crippen molar-refractivity contribution in [3.63, 3.8) is 0 Å². The van der Waals surface area contributed by atoms with E-state index in [1.807, 2.05) is 18.7 Å². The SMILES string of the molecule is Cc1nc(C)c(Cc2ccc([N+](=O)[O-])cc2)c(N2CCN(C(=O)CC(C)C)CC2)n1. The highest BCUT2D eigenvalue weighted by atomic mass is 16.6. The van der Waals surface area contributed by atoms with Crippen molar-refractivity contribution in [1.82, 2.24) is 14.9 Å². The molecule has 1 aromatic heterocycles. The van der Waals surface area contributed by atoms with Gasteiger partial charge in [-0.1, -0.05) is 26.0 Å². The van der Waals surface area contributed by atoms with Gasteiger partial charge in [-0.3, -0.25) is 14.9 Å². The summed E-state index contributed by atoms with van der Waals surface area (Å²) in [5.74, 6) is 2.18. The predicted octanol–water partition coefficient (Wildman–Crippen LogP) is 3.29. The van der Waals surface area contributed by atoms with E-state index in [4.69, 9.17) is 4.98 Å². The van der Waals surface area contributed by atoms with Crippen LogP contribution in [0.5, 0.6) is 0 Å². The summed E-state index contributed by atoms with van der Waals surface area (Å²) in [6.45, 7) is 10.8. The number of aromatic nitrogens is 2. The Morgan fingerprint density at radius 1 is 1.10 bits per heavy atom. The van der Waals surface area contributed by atoms with Gasteiger partial charge >= 0.3 is 0 Å². The van der Waals surface area contributed by atoms with Gasteiger partial charge in [0.05, 0.1) is 4.92 Å². The molecule has 0 aliphatic carbocycles. The molecule has 0 bridgehead atoms. The maximum absolute atomic E-state index is 12.4. The average molecular weight is 412 g/mol. The van der Waals surface area contributed by atoms with Crippen LogP contribution in [0.2, 0.25) is 0 Å². The molecule has 0 N–H and O–H groups in total. The fourth-order valence-electron chi connectivity index (χ4n) is 3.77. The third-order valence-corrected chi connectivity index (χ3v) is 5.35. The first-order chi connectivity index (χ1) is 14.2. The summed E-state index contributed by atoms with van der Waals surface area (Å²) in [6.07, 6.45) is 1.18. The summed E-state index contributed by atoms with van der Waals surface area (Å²) >= 11 is 0. The molecule has 0 saturated carbocycles. The van der Waals surface area contributed by atoms with Crippen LogP contribution in [0.25, 0.3) is 0 Å². The van der Waals surface area contributed by atoms with Crippen molar-refractivity contribution in [3.05, 3.63) is 57.0 Å². The number of hydrogen-bond acceptors (Lipinski definition) is 6. The van der Waals surface area contributed by atoms with Gasteiger partial charge in [0.15, 0.2) is 0 Å². The van der Waals surface area contributed by atoms with E-state index < -0.39 is 4.92 Å². The number of rotatable bonds is 6. The Labute approximate surface area is 177 Å². The fourth-order valence-corrected chi connectivity index (χ4v) is 3.77. The van der Waals surface area contributed by atoms with Crippen LogP contribution in [-0.4, -0.2) is 51.9 Å². The summed E-state index contributed by atoms with van der Waals surface area (Å²) in [7, 11) is 0. The van der Waals surface area contributed by atoms with Crippen LogP contribution in [0.15, 0.2) is 24.3 Å². The first-order valence-electron chi connectivity index (χ1n) is 10.3. The molecule has 2 aromatic rings. The Kier molecular flexibility index (Phi) is 6.64. The van der Waals surface area contributed by atoms with Gasteiger partial charge in [-0.05, 0) is 25.3 Å². The van der Waals surface area contributed by atoms with Crippen molar-refractivity contribution in [2.75, 3.05) is 31.1 Å². The molecule has 0 spiro atoms. The molecule has 8 heteroatoms. The van der Waals surface area contributed by atoms with Gasteiger partial charge in [-0.25, -0.2) is 9.97 Å². The number of carbonyl (C=O) groups excluding carboxylic acids is 1. The number of anilines is 1. The lowest BCUT2D eigenvalue weighted by atomic mass is 10.0. The summed E-state index contributed by atoms with van der Waals surface area (Å²) < 4.78 is 0. The Morgan fingerprint density at radius 3 is 2.30 bits per heavy atom. The molecule has 0 unspecified atom stereocenters. The van der Waals surface area contributed by atoms with Crippen molar-refractivity contribution in [1.29, 1.82) is 0 Å². The average Bonchev–Trinajstić information content (AvgIpc) is 2.70. The van der Waals surface area contributed by atoms with E-state index in [9.17, 15) is 14.9 Å². The van der Waals surface area contributed by atoms with Crippen molar-refractivity contribution in [2.24, 2.45) is 5.92 Å². The topological polar surface area (TPSA) is 92.5 Å². The van der Waals surface area contributed by atoms with E-state index in [2.05, 4.69) is 23.7 Å². The Bertz CT molecular complexity index is 919. The molecule has 0 radical (unpaired) electrons. The Hall–Kier alpha value is -3.03. The summed E-state index contributed by atoms with van der Waals surface area (Å²) in [6, 6.07) is 6.62. The minimum Gasteiger partial charge on any atom is -0.353 e. The third-order valence-electron chi connectivity index (χ3n) is 5.35. The number of nitro benzene ring substituents is 1. The third kappa shape index (κ3) is 5.11. The number of carbonyl (C=O) groups is 1. The molecule has 1 aliphatic heterocycles. The molecule has 1 saturated heterocycles. The van der Waals surface area contributed by atoms with E-state index >= 15 is 0 Å². The molecule has 1 amide bonds. The van der Waals surface area contributed by atoms with Crippen LogP contribution in [0.3, 0.4) is 0 Å². The van der Waals surface area contributed by atoms with Gasteiger partial charge in [-0.2, -0.15) is 0 Å². The van der Waals surface area contributed by atoms with Crippen LogP contribution in [-0.2, 0) is 11.2 Å². The first kappa shape index (κ1) is 21.7. The summed E-state index contributed by atoms with van der Waals surface area (Å²) in [4.78, 5) is 36.3. The second-order valence-electron chi connectivity index (χ2n) is 8.22. The number of piperazine rings is 1. The molecular formula is C22H29N5O3. The maximum atomic E-state index is 12.4. The van der Waals surface area contributed by atoms with E-state index in [0.717, 1.165) is 35.7 Å². The Morgan fingerprint density at radius 2 is 1.73 bits per heavy atom. The lowest BCUT2D eigenvalue weighted by Gasteiger charge is -2.37. The molecular weight excluding hydrogens is 382 g/mol. The van der Waals surface area contributed by atoms with Gasteiger partial charge in [0, 0.05) is 62.4 Å². The molecule has 3 rings (SSSR count). The van der Waals surface area contributed by atoms with Gasteiger partial charge in [0.1, 0.15) is 11.6 Å². The second-order valence-corrected chi connectivity index (χ2v) is 8.22. The minimum atomic E-state index is -0.393. The lowest BCUT2D eigenvalue weighted by molar-refractivity contribution is -0.384. The predicted molar refractivity (Wildman–Crippen MR) is 116 cm³/mol. The number of amides is 1. The van der Waals surface area contributed by atoms with Crippen molar-refractivity contribution < 1.29 is 9.72 Å². The summed E-state index contributed by atoms with van der Waals surface area (Å²) in [5, 5.41) is 10.9. The van der Waals surface area contributed by atoms with E-state index in [1.54, 1.807) is 12.1 Å². The fraction of sp³-hybridized carbons (Fsp3) is 0.500. The zero-order chi connectivity index (χ0) is 21.8. The van der Waals surface area contributed by atoms with Crippen LogP contribution >= 0.6 is 0 Å². The van der Waals surface area contributed by atoms with Crippen molar-refractivity contribution in [3.8, 4) is 0 Å². The van der Waals surface area contributed by atoms with Crippen LogP contribution < -0.4 is 4.90 Å². The molecule has 160 valence electrons. The molecule has 1 fully saturated rings. The molecule has 2 heterocycles. The highest BCUT2D eigenvalue weighted by molar-refractivity contribution is 5.76. The molecule has 1 aliphatic rings. The van der Waals surface area contributed by atoms with Gasteiger partial charge in [0.2, 0.25) is 5.91 Å². The largest absolute Gasteiger partial charge is 0.353 e. The number of aryl methyl sites for hydroxylation is 2. The zero-order valence-electron chi connectivity index (χ0n) is 18.1. The highest BCUT2D eigenvalue weighted by Crippen LogP contribution is 2.26. The number of benzene rings is 1. The monoisotopic (exact) mass is 411 g/mol. The second kappa shape index (κ2) is 9.19. The molecule has 1 aromatic carbocycles. The molecule has 30 heavy (non-hydrogen) atoms. The maximum Gasteiger partial charge on any atom is 0.269 e. The quantitative estimate of drug-likeness (QED) is 0.535. The zero-order valence-corrected chi connectivity index (χ0v) is 18.1. The van der Waals surface area contributed by atoms with Crippen LogP contribution in [0.1, 0.15) is 42.9 Å². The molecule has 0 atom stereocenters. The van der Waals surface area contributed by atoms with Crippen LogP contribution in [0, 0.1) is 29.9 Å². The van der Waals surface area contributed by atoms with Gasteiger partial charge in [0.25, 0.3) is 5.69 Å². The standard InChI is InChI=1S/C22H29N5O3/c1-15(2)13-21(28)25-9-11-26(12-10-25)22-20(16(3)23-17(4)24-22)14-18-5-7-19(8-6-18)27(29)30/h5-8,15H,9-14H2,1-4H3. The number of non-ortho nitro benzene ring substituents is 1. The Balaban J connectivity index is 1.79. The van der Waals surface area contributed by atoms with E-state index in [0.29, 0.717) is 37.7 Å². The highest BCUT2D eigenvalue weighted by Gasteiger charge is 2.25. The number of nitrogens with zero attached hydrogens (tertiary/aromatic N) is 5. The smallest absolute Gasteiger partial charge is 0.269 e. The normalized spacial score (nSPS) is 14.3. The van der Waals surface area contributed by atoms with E-state index in [1.165, 1.54) is 12.1 Å². The van der Waals surface area contributed by atoms with Crippen molar-refractivity contribution in [2.45, 2.75) is 40.5 Å². The summed E-state index contributed by atoms with van der Waals surface area (Å²) in [5.41, 5.74) is 2.99. The van der Waals surface area contributed by atoms with Crippen molar-refractivity contribution >= 4 is 17.4 Å². The first-order valence-corrected chi connectivity index (χ1v) is 10.3. The van der Waals surface area contributed by atoms with Gasteiger partial charge < -0.3 is 9.80 Å². The van der Waals surface area contributed by atoms with Crippen LogP contribution in [0.4, 0.5) is 11.5 Å². The number of hydrogen-bond donors (Lipinski definition) is 0. The number of nitro groups is 1.